The van der Waals surface area contributed by atoms with E-state index in [2.05, 4.69) is 4.98 Å². The predicted molar refractivity (Wildman–Crippen MR) is 105 cm³/mol. The monoisotopic (exact) mass is 395 g/mol. The summed E-state index contributed by atoms with van der Waals surface area (Å²) in [5.74, 6) is -0.223. The van der Waals surface area contributed by atoms with E-state index in [-0.39, 0.29) is 66.0 Å². The summed E-state index contributed by atoms with van der Waals surface area (Å²) >= 11 is 0. The van der Waals surface area contributed by atoms with Crippen LogP contribution in [0, 0.1) is 0 Å². The highest BCUT2D eigenvalue weighted by Gasteiger charge is 2.47. The summed E-state index contributed by atoms with van der Waals surface area (Å²) in [4.78, 5) is 32.4. The third kappa shape index (κ3) is 2.24. The van der Waals surface area contributed by atoms with Gasteiger partial charge >= 0.3 is 0 Å². The van der Waals surface area contributed by atoms with E-state index in [4.69, 9.17) is 17.7 Å². The molecule has 1 N–H and O–H groups in total. The molecule has 3 aliphatic heterocycles. The van der Waals surface area contributed by atoms with Gasteiger partial charge in [0.2, 0.25) is 18.6 Å². The van der Waals surface area contributed by atoms with Gasteiger partial charge < -0.3 is 24.3 Å². The van der Waals surface area contributed by atoms with Crippen molar-refractivity contribution in [2.45, 2.75) is 18.5 Å². The SMILES string of the molecule is [2H]c1c([2H])c([2H])c2c3c([nH]c2c1[2H])C(c1ccc2c(c1)OC([2H])([2H])O2)N1C(=O)CN(C)C(=O)[C@H]1C3. The number of rotatable bonds is 1. The highest BCUT2D eigenvalue weighted by atomic mass is 16.7. The third-order valence-corrected chi connectivity index (χ3v) is 5.77. The second-order valence-electron chi connectivity index (χ2n) is 7.38. The fourth-order valence-electron chi connectivity index (χ4n) is 4.47. The van der Waals surface area contributed by atoms with Crippen molar-refractivity contribution in [3.63, 3.8) is 0 Å². The molecule has 3 aliphatic rings. The maximum Gasteiger partial charge on any atom is 0.245 e. The van der Waals surface area contributed by atoms with Crippen molar-refractivity contribution in [2.75, 3.05) is 20.3 Å². The van der Waals surface area contributed by atoms with Crippen molar-refractivity contribution < 1.29 is 27.3 Å². The lowest BCUT2D eigenvalue weighted by Gasteiger charge is -2.46. The Bertz CT molecular complexity index is 1470. The molecule has 2 aromatic carbocycles. The molecule has 0 saturated carbocycles. The third-order valence-electron chi connectivity index (χ3n) is 5.77. The zero-order valence-electron chi connectivity index (χ0n) is 21.3. The van der Waals surface area contributed by atoms with Crippen LogP contribution in [0.2, 0.25) is 0 Å². The van der Waals surface area contributed by atoms with E-state index >= 15 is 0 Å². The van der Waals surface area contributed by atoms with Crippen LogP contribution in [0.25, 0.3) is 10.9 Å². The van der Waals surface area contributed by atoms with E-state index in [1.807, 2.05) is 0 Å². The number of nitrogens with one attached hydrogen (secondary N) is 1. The zero-order chi connectivity index (χ0) is 25.0. The first kappa shape index (κ1) is 11.5. The Balaban J connectivity index is 1.62. The normalized spacial score (nSPS) is 27.5. The molecular formula is C22H19N3O4. The number of likely N-dealkylation sites (N-methyl/N-ethyl adjacent to an activating group) is 1. The molecule has 29 heavy (non-hydrogen) atoms. The van der Waals surface area contributed by atoms with Gasteiger partial charge in [-0.2, -0.15) is 0 Å². The summed E-state index contributed by atoms with van der Waals surface area (Å²) in [6.45, 7) is -2.45. The molecule has 0 radical (unpaired) electrons. The Labute approximate surface area is 175 Å². The number of hydrogen-bond acceptors (Lipinski definition) is 4. The first-order valence-corrected chi connectivity index (χ1v) is 9.17. The van der Waals surface area contributed by atoms with Crippen LogP contribution in [0.15, 0.2) is 42.4 Å². The molecule has 1 fully saturated rings. The summed E-state index contributed by atoms with van der Waals surface area (Å²) in [5.41, 5.74) is 1.75. The number of piperazine rings is 1. The van der Waals surface area contributed by atoms with Gasteiger partial charge in [-0.15, -0.1) is 0 Å². The molecule has 6 rings (SSSR count). The molecule has 2 amide bonds. The summed E-state index contributed by atoms with van der Waals surface area (Å²) in [6.07, 6.45) is 0.0932. The molecule has 146 valence electrons. The Morgan fingerprint density at radius 1 is 1.21 bits per heavy atom. The fourth-order valence-corrected chi connectivity index (χ4v) is 4.47. The number of para-hydroxylation sites is 1. The van der Waals surface area contributed by atoms with Gasteiger partial charge in [0.1, 0.15) is 8.78 Å². The van der Waals surface area contributed by atoms with Gasteiger partial charge in [0.05, 0.1) is 18.1 Å². The summed E-state index contributed by atoms with van der Waals surface area (Å²) < 4.78 is 58.9. The van der Waals surface area contributed by atoms with Crippen LogP contribution in [-0.2, 0) is 16.0 Å². The minimum Gasteiger partial charge on any atom is -0.454 e. The number of carbonyl (C=O) groups is 2. The average Bonchev–Trinajstić information content (AvgIpc) is 3.33. The molecule has 1 saturated heterocycles. The lowest BCUT2D eigenvalue weighted by molar-refractivity contribution is -0.157. The van der Waals surface area contributed by atoms with E-state index in [0.717, 1.165) is 0 Å². The minimum atomic E-state index is -2.34. The first-order valence-electron chi connectivity index (χ1n) is 12.2. The Morgan fingerprint density at radius 3 is 2.93 bits per heavy atom. The number of benzene rings is 2. The van der Waals surface area contributed by atoms with Gasteiger partial charge in [-0.3, -0.25) is 9.59 Å². The van der Waals surface area contributed by atoms with E-state index < -0.39 is 18.8 Å². The lowest BCUT2D eigenvalue weighted by atomic mass is 9.86. The number of aromatic nitrogens is 1. The number of aromatic amines is 1. The number of amides is 2. The average molecular weight is 395 g/mol. The molecule has 0 aliphatic carbocycles. The van der Waals surface area contributed by atoms with Crippen molar-refractivity contribution in [1.82, 2.24) is 14.8 Å². The molecule has 7 heteroatoms. The second-order valence-corrected chi connectivity index (χ2v) is 7.38. The fraction of sp³-hybridized carbons (Fsp3) is 0.273. The highest BCUT2D eigenvalue weighted by molar-refractivity contribution is 5.97. The van der Waals surface area contributed by atoms with Crippen LogP contribution in [0.4, 0.5) is 0 Å². The van der Waals surface area contributed by atoms with Crippen LogP contribution in [-0.4, -0.2) is 53.0 Å². The molecule has 1 aromatic heterocycles. The highest BCUT2D eigenvalue weighted by Crippen LogP contribution is 2.44. The first-order chi connectivity index (χ1) is 16.5. The number of nitrogens with zero attached hydrogens (tertiary/aromatic N) is 2. The second kappa shape index (κ2) is 5.76. The number of fused-ring (bicyclic) bond motifs is 5. The predicted octanol–water partition coefficient (Wildman–Crippen LogP) is 2.21. The largest absolute Gasteiger partial charge is 0.454 e. The molecule has 7 nitrogen and oxygen atoms in total. The molecule has 0 spiro atoms. The van der Waals surface area contributed by atoms with Crippen molar-refractivity contribution in [3.05, 3.63) is 59.2 Å². The Morgan fingerprint density at radius 2 is 2.03 bits per heavy atom. The standard InChI is InChI=1S/C22H19N3O4/c1-24-10-19(26)25-16(22(24)27)9-14-13-4-2-3-5-15(13)23-20(14)21(25)12-6-7-17-18(8-12)29-11-28-17/h2-8,16,21,23H,9-11H2,1H3/t16-,21?/m1/s1/i2D,3D,4D,5D,11D2. The van der Waals surface area contributed by atoms with Crippen LogP contribution in [0.1, 0.15) is 31.1 Å². The van der Waals surface area contributed by atoms with E-state index in [9.17, 15) is 9.59 Å². The van der Waals surface area contributed by atoms with Gasteiger partial charge in [-0.05, 0) is 29.3 Å². The van der Waals surface area contributed by atoms with Crippen molar-refractivity contribution in [2.24, 2.45) is 0 Å². The smallest absolute Gasteiger partial charge is 0.245 e. The maximum absolute atomic E-state index is 13.2. The van der Waals surface area contributed by atoms with Crippen LogP contribution in [0.5, 0.6) is 11.5 Å². The number of carbonyl (C=O) groups excluding carboxylic acids is 2. The molecule has 3 aromatic rings. The Hall–Kier alpha value is -3.48. The lowest BCUT2D eigenvalue weighted by Crippen LogP contribution is -2.62. The van der Waals surface area contributed by atoms with Crippen molar-refractivity contribution in [3.8, 4) is 11.5 Å². The Kier molecular flexibility index (Phi) is 2.29. The zero-order valence-corrected chi connectivity index (χ0v) is 15.3. The number of H-pyrrole nitrogens is 1. The van der Waals surface area contributed by atoms with Crippen LogP contribution < -0.4 is 9.47 Å². The molecule has 0 bridgehead atoms. The number of hydrogen-bond donors (Lipinski definition) is 1. The van der Waals surface area contributed by atoms with Gasteiger partial charge in [0.15, 0.2) is 11.5 Å². The van der Waals surface area contributed by atoms with E-state index in [0.29, 0.717) is 22.2 Å². The quantitative estimate of drug-likeness (QED) is 0.686. The summed E-state index contributed by atoms with van der Waals surface area (Å²) in [5, 5.41) is 0.293. The van der Waals surface area contributed by atoms with E-state index in [1.165, 1.54) is 15.9 Å². The van der Waals surface area contributed by atoms with Gasteiger partial charge in [0, 0.05) is 30.1 Å². The maximum atomic E-state index is 13.2. The summed E-state index contributed by atoms with van der Waals surface area (Å²) in [7, 11) is 1.55. The van der Waals surface area contributed by atoms with Gasteiger partial charge in [0.25, 0.3) is 0 Å². The molecule has 2 atom stereocenters. The van der Waals surface area contributed by atoms with Crippen molar-refractivity contribution in [1.29, 1.82) is 0 Å². The molecule has 4 heterocycles. The van der Waals surface area contributed by atoms with E-state index in [1.54, 1.807) is 19.2 Å². The molecular weight excluding hydrogens is 370 g/mol. The van der Waals surface area contributed by atoms with Crippen LogP contribution in [0.3, 0.4) is 0 Å². The topological polar surface area (TPSA) is 74.9 Å². The van der Waals surface area contributed by atoms with Gasteiger partial charge in [-0.1, -0.05) is 24.2 Å². The number of ether oxygens (including phenoxy) is 2. The van der Waals surface area contributed by atoms with Gasteiger partial charge in [-0.25, -0.2) is 0 Å². The van der Waals surface area contributed by atoms with Crippen molar-refractivity contribution >= 4 is 22.7 Å². The minimum absolute atomic E-state index is 0.0932. The molecule has 1 unspecified atom stereocenters. The van der Waals surface area contributed by atoms with Crippen LogP contribution >= 0.6 is 0 Å². The summed E-state index contributed by atoms with van der Waals surface area (Å²) in [6, 6.07) is 1.82.